The molecule has 0 saturated carbocycles. The predicted molar refractivity (Wildman–Crippen MR) is 129 cm³/mol. The third-order valence-electron chi connectivity index (χ3n) is 5.12. The summed E-state index contributed by atoms with van der Waals surface area (Å²) in [5.41, 5.74) is 2.08. The molecule has 0 radical (unpaired) electrons. The number of ether oxygens (including phenoxy) is 1. The summed E-state index contributed by atoms with van der Waals surface area (Å²) in [6.07, 6.45) is 1.20. The molecular weight excluding hydrogens is 474 g/mol. The van der Waals surface area contributed by atoms with Crippen molar-refractivity contribution in [1.29, 1.82) is 0 Å². The Kier molecular flexibility index (Phi) is 8.15. The Morgan fingerprint density at radius 2 is 1.94 bits per heavy atom. The van der Waals surface area contributed by atoms with Crippen LogP contribution in [0, 0.1) is 0 Å². The SMILES string of the molecule is CC(=O)Nc1ccc(S(=O)(=O)NC(C=O)CC(=O)O)c(OCC(C)c2cccc3ncccc23)c1. The van der Waals surface area contributed by atoms with E-state index >= 15 is 0 Å². The number of carboxylic acid groups (broad SMARTS) is 1. The number of carboxylic acids is 1. The van der Waals surface area contributed by atoms with Gasteiger partial charge in [-0.3, -0.25) is 14.6 Å². The van der Waals surface area contributed by atoms with Gasteiger partial charge in [0, 0.05) is 36.2 Å². The van der Waals surface area contributed by atoms with Gasteiger partial charge in [0.2, 0.25) is 15.9 Å². The van der Waals surface area contributed by atoms with Gasteiger partial charge in [0.05, 0.1) is 24.6 Å². The third-order valence-corrected chi connectivity index (χ3v) is 6.65. The first-order valence-corrected chi connectivity index (χ1v) is 12.2. The number of hydrogen-bond donors (Lipinski definition) is 3. The van der Waals surface area contributed by atoms with Gasteiger partial charge in [0.1, 0.15) is 16.9 Å². The standard InChI is InChI=1S/C24H25N3O7S/c1-15(19-5-3-7-21-20(19)6-4-10-25-21)14-34-22-11-17(26-16(2)29)8-9-23(22)35(32,33)27-18(13-28)12-24(30)31/h3-11,13,15,18,27H,12,14H2,1-2H3,(H,26,29)(H,30,31). The number of hydrogen-bond acceptors (Lipinski definition) is 7. The molecule has 184 valence electrons. The molecule has 0 aliphatic heterocycles. The quantitative estimate of drug-likeness (QED) is 0.341. The number of anilines is 1. The molecular formula is C24H25N3O7S. The molecule has 2 unspecified atom stereocenters. The number of carbonyl (C=O) groups is 3. The average molecular weight is 500 g/mol. The fourth-order valence-corrected chi connectivity index (χ4v) is 4.85. The lowest BCUT2D eigenvalue weighted by Gasteiger charge is -2.19. The van der Waals surface area contributed by atoms with E-state index in [9.17, 15) is 22.8 Å². The van der Waals surface area contributed by atoms with Crippen molar-refractivity contribution in [3.8, 4) is 5.75 Å². The second-order valence-corrected chi connectivity index (χ2v) is 9.62. The molecule has 1 aromatic heterocycles. The second-order valence-electron chi connectivity index (χ2n) is 7.93. The van der Waals surface area contributed by atoms with Crippen LogP contribution in [0.2, 0.25) is 0 Å². The summed E-state index contributed by atoms with van der Waals surface area (Å²) >= 11 is 0. The van der Waals surface area contributed by atoms with E-state index in [4.69, 9.17) is 9.84 Å². The molecule has 11 heteroatoms. The van der Waals surface area contributed by atoms with Crippen LogP contribution in [0.3, 0.4) is 0 Å². The number of aliphatic carboxylic acids is 1. The monoisotopic (exact) mass is 499 g/mol. The Hall–Kier alpha value is -3.83. The first kappa shape index (κ1) is 25.8. The first-order valence-electron chi connectivity index (χ1n) is 10.7. The smallest absolute Gasteiger partial charge is 0.305 e. The molecule has 2 aromatic carbocycles. The van der Waals surface area contributed by atoms with Gasteiger partial charge >= 0.3 is 5.97 Å². The van der Waals surface area contributed by atoms with Crippen molar-refractivity contribution in [2.45, 2.75) is 37.1 Å². The zero-order valence-corrected chi connectivity index (χ0v) is 19.9. The maximum Gasteiger partial charge on any atom is 0.305 e. The van der Waals surface area contributed by atoms with Gasteiger partial charge in [-0.1, -0.05) is 25.1 Å². The van der Waals surface area contributed by atoms with Crippen LogP contribution >= 0.6 is 0 Å². The van der Waals surface area contributed by atoms with E-state index in [1.807, 2.05) is 37.3 Å². The highest BCUT2D eigenvalue weighted by Gasteiger charge is 2.26. The van der Waals surface area contributed by atoms with E-state index in [0.717, 1.165) is 16.5 Å². The van der Waals surface area contributed by atoms with Gasteiger partial charge in [0.25, 0.3) is 0 Å². The van der Waals surface area contributed by atoms with Gasteiger partial charge in [-0.25, -0.2) is 13.1 Å². The van der Waals surface area contributed by atoms with Crippen LogP contribution in [0.15, 0.2) is 59.6 Å². The lowest BCUT2D eigenvalue weighted by molar-refractivity contribution is -0.138. The highest BCUT2D eigenvalue weighted by Crippen LogP contribution is 2.30. The molecule has 3 N–H and O–H groups in total. The number of sulfonamides is 1. The number of benzene rings is 2. The Morgan fingerprint density at radius 1 is 1.17 bits per heavy atom. The molecule has 1 amide bonds. The van der Waals surface area contributed by atoms with Gasteiger partial charge in [0.15, 0.2) is 0 Å². The summed E-state index contributed by atoms with van der Waals surface area (Å²) in [6, 6.07) is 12.0. The van der Waals surface area contributed by atoms with E-state index in [1.165, 1.54) is 25.1 Å². The van der Waals surface area contributed by atoms with Gasteiger partial charge in [-0.15, -0.1) is 0 Å². The maximum atomic E-state index is 13.0. The van der Waals surface area contributed by atoms with Crippen LogP contribution in [0.1, 0.15) is 31.7 Å². The number of rotatable bonds is 11. The molecule has 35 heavy (non-hydrogen) atoms. The van der Waals surface area contributed by atoms with Crippen LogP contribution in [-0.4, -0.2) is 49.3 Å². The number of carbonyl (C=O) groups excluding carboxylic acids is 2. The van der Waals surface area contributed by atoms with Crippen molar-refractivity contribution in [2.75, 3.05) is 11.9 Å². The molecule has 0 aliphatic carbocycles. The van der Waals surface area contributed by atoms with Crippen LogP contribution in [0.5, 0.6) is 5.75 Å². The second kappa shape index (κ2) is 11.1. The summed E-state index contributed by atoms with van der Waals surface area (Å²) in [6.45, 7) is 3.32. The highest BCUT2D eigenvalue weighted by atomic mass is 32.2. The molecule has 0 saturated heterocycles. The first-order chi connectivity index (χ1) is 16.6. The number of aromatic nitrogens is 1. The Morgan fingerprint density at radius 3 is 2.63 bits per heavy atom. The predicted octanol–water partition coefficient (Wildman–Crippen LogP) is 2.70. The number of aldehydes is 1. The van der Waals surface area contributed by atoms with E-state index in [-0.39, 0.29) is 35.4 Å². The Bertz CT molecular complexity index is 1350. The molecule has 0 spiro atoms. The van der Waals surface area contributed by atoms with Crippen molar-refractivity contribution in [1.82, 2.24) is 9.71 Å². The van der Waals surface area contributed by atoms with Crippen molar-refractivity contribution in [3.63, 3.8) is 0 Å². The lowest BCUT2D eigenvalue weighted by atomic mass is 9.97. The number of pyridine rings is 1. The summed E-state index contributed by atoms with van der Waals surface area (Å²) < 4.78 is 34.0. The molecule has 0 bridgehead atoms. The van der Waals surface area contributed by atoms with Crippen LogP contribution < -0.4 is 14.8 Å². The van der Waals surface area contributed by atoms with E-state index in [2.05, 4.69) is 15.0 Å². The molecule has 2 atom stereocenters. The fraction of sp³-hybridized carbons (Fsp3) is 0.250. The lowest BCUT2D eigenvalue weighted by Crippen LogP contribution is -2.37. The number of fused-ring (bicyclic) bond motifs is 1. The van der Waals surface area contributed by atoms with E-state index in [1.54, 1.807) is 6.20 Å². The highest BCUT2D eigenvalue weighted by molar-refractivity contribution is 7.89. The van der Waals surface area contributed by atoms with Crippen molar-refractivity contribution < 1.29 is 32.6 Å². The van der Waals surface area contributed by atoms with Crippen LogP contribution in [0.25, 0.3) is 10.9 Å². The van der Waals surface area contributed by atoms with Crippen LogP contribution in [-0.2, 0) is 24.4 Å². The number of nitrogens with zero attached hydrogens (tertiary/aromatic N) is 1. The molecule has 10 nitrogen and oxygen atoms in total. The summed E-state index contributed by atoms with van der Waals surface area (Å²) in [5, 5.41) is 12.4. The Balaban J connectivity index is 1.92. The normalized spacial score (nSPS) is 13.1. The number of nitrogens with one attached hydrogen (secondary N) is 2. The molecule has 3 aromatic rings. The van der Waals surface area contributed by atoms with E-state index < -0.39 is 28.5 Å². The molecule has 0 aliphatic rings. The molecule has 3 rings (SSSR count). The molecule has 1 heterocycles. The van der Waals surface area contributed by atoms with Crippen molar-refractivity contribution in [3.05, 3.63) is 60.3 Å². The maximum absolute atomic E-state index is 13.0. The zero-order chi connectivity index (χ0) is 25.6. The third kappa shape index (κ3) is 6.61. The van der Waals surface area contributed by atoms with Gasteiger partial charge < -0.3 is 20.0 Å². The summed E-state index contributed by atoms with van der Waals surface area (Å²) in [5.74, 6) is -1.91. The summed E-state index contributed by atoms with van der Waals surface area (Å²) in [7, 11) is -4.33. The zero-order valence-electron chi connectivity index (χ0n) is 19.1. The van der Waals surface area contributed by atoms with Crippen molar-refractivity contribution >= 4 is 44.8 Å². The van der Waals surface area contributed by atoms with E-state index in [0.29, 0.717) is 5.69 Å². The Labute approximate surface area is 202 Å². The van der Waals surface area contributed by atoms with Gasteiger partial charge in [-0.05, 0) is 29.8 Å². The minimum absolute atomic E-state index is 0.0612. The average Bonchev–Trinajstić information content (AvgIpc) is 2.80. The van der Waals surface area contributed by atoms with Crippen LogP contribution in [0.4, 0.5) is 5.69 Å². The van der Waals surface area contributed by atoms with Gasteiger partial charge in [-0.2, -0.15) is 0 Å². The summed E-state index contributed by atoms with van der Waals surface area (Å²) in [4.78, 5) is 37.7. The molecule has 0 fully saturated rings. The fourth-order valence-electron chi connectivity index (χ4n) is 3.55. The topological polar surface area (TPSA) is 152 Å². The minimum atomic E-state index is -4.33. The minimum Gasteiger partial charge on any atom is -0.491 e. The largest absolute Gasteiger partial charge is 0.491 e. The van der Waals surface area contributed by atoms with Crippen molar-refractivity contribution in [2.24, 2.45) is 0 Å². The number of amides is 1.